The summed E-state index contributed by atoms with van der Waals surface area (Å²) in [6, 6.07) is 13.4. The lowest BCUT2D eigenvalue weighted by molar-refractivity contribution is 0.520. The first-order valence-corrected chi connectivity index (χ1v) is 8.82. The number of sulfonamides is 1. The molecule has 8 heteroatoms. The van der Waals surface area contributed by atoms with E-state index < -0.39 is 10.0 Å². The summed E-state index contributed by atoms with van der Waals surface area (Å²) < 4.78 is 31.2. The molecular weight excluding hydrogens is 350 g/mol. The van der Waals surface area contributed by atoms with Gasteiger partial charge in [-0.25, -0.2) is 12.7 Å². The molecule has 0 aliphatic rings. The van der Waals surface area contributed by atoms with E-state index >= 15 is 0 Å². The molecule has 1 heterocycles. The lowest BCUT2D eigenvalue weighted by Gasteiger charge is -2.11. The zero-order chi connectivity index (χ0) is 17.3. The number of benzene rings is 2. The minimum absolute atomic E-state index is 0.160. The molecule has 0 atom stereocenters. The van der Waals surface area contributed by atoms with Gasteiger partial charge in [-0.05, 0) is 36.4 Å². The van der Waals surface area contributed by atoms with Gasteiger partial charge in [-0.1, -0.05) is 23.7 Å². The van der Waals surface area contributed by atoms with Crippen LogP contribution in [-0.2, 0) is 10.0 Å². The number of hydrogen-bond donors (Lipinski definition) is 0. The highest BCUT2D eigenvalue weighted by Crippen LogP contribution is 2.27. The molecule has 0 bridgehead atoms. The lowest BCUT2D eigenvalue weighted by Crippen LogP contribution is -2.22. The van der Waals surface area contributed by atoms with E-state index in [1.807, 2.05) is 0 Å². The Hall–Kier alpha value is -2.22. The van der Waals surface area contributed by atoms with Gasteiger partial charge in [0.1, 0.15) is 0 Å². The summed E-state index contributed by atoms with van der Waals surface area (Å²) >= 11 is 5.96. The van der Waals surface area contributed by atoms with E-state index in [-0.39, 0.29) is 10.8 Å². The third-order valence-electron chi connectivity index (χ3n) is 3.36. The molecule has 24 heavy (non-hydrogen) atoms. The maximum atomic E-state index is 12.2. The van der Waals surface area contributed by atoms with Crippen LogP contribution in [0.2, 0.25) is 5.02 Å². The van der Waals surface area contributed by atoms with Crippen LogP contribution in [-0.4, -0.2) is 37.0 Å². The summed E-state index contributed by atoms with van der Waals surface area (Å²) in [7, 11) is -0.576. The van der Waals surface area contributed by atoms with Gasteiger partial charge in [0.25, 0.3) is 0 Å². The molecule has 1 aromatic heterocycles. The molecule has 0 aliphatic carbocycles. The number of halogens is 1. The molecule has 0 fully saturated rings. The van der Waals surface area contributed by atoms with Crippen LogP contribution in [0.25, 0.3) is 22.9 Å². The van der Waals surface area contributed by atoms with E-state index in [4.69, 9.17) is 16.0 Å². The van der Waals surface area contributed by atoms with Crippen molar-refractivity contribution in [3.05, 3.63) is 53.6 Å². The Bertz CT molecular complexity index is 983. The summed E-state index contributed by atoms with van der Waals surface area (Å²) in [5.74, 6) is 0.550. The van der Waals surface area contributed by atoms with Crippen LogP contribution in [0.3, 0.4) is 0 Å². The molecule has 0 saturated carbocycles. The van der Waals surface area contributed by atoms with Gasteiger partial charge in [0.2, 0.25) is 21.8 Å². The van der Waals surface area contributed by atoms with Crippen molar-refractivity contribution in [1.29, 1.82) is 0 Å². The molecule has 124 valence electrons. The first-order chi connectivity index (χ1) is 11.4. The largest absolute Gasteiger partial charge is 0.416 e. The number of aromatic nitrogens is 2. The quantitative estimate of drug-likeness (QED) is 0.710. The van der Waals surface area contributed by atoms with E-state index in [2.05, 4.69) is 10.2 Å². The first kappa shape index (κ1) is 16.6. The zero-order valence-corrected chi connectivity index (χ0v) is 14.5. The second kappa shape index (κ2) is 6.35. The van der Waals surface area contributed by atoms with Crippen LogP contribution in [0.4, 0.5) is 0 Å². The highest BCUT2D eigenvalue weighted by molar-refractivity contribution is 7.89. The molecule has 2 aromatic carbocycles. The SMILES string of the molecule is CN(C)S(=O)(=O)c1cccc(-c2nnc(-c3cccc(Cl)c3)o2)c1. The second-order valence-electron chi connectivity index (χ2n) is 5.24. The topological polar surface area (TPSA) is 76.3 Å². The van der Waals surface area contributed by atoms with E-state index in [0.717, 1.165) is 4.31 Å². The highest BCUT2D eigenvalue weighted by Gasteiger charge is 2.19. The Morgan fingerprint density at radius 2 is 1.54 bits per heavy atom. The van der Waals surface area contributed by atoms with E-state index in [1.54, 1.807) is 36.4 Å². The van der Waals surface area contributed by atoms with Gasteiger partial charge in [-0.2, -0.15) is 0 Å². The van der Waals surface area contributed by atoms with Crippen LogP contribution in [0.1, 0.15) is 0 Å². The molecular formula is C16H14ClN3O3S. The molecule has 6 nitrogen and oxygen atoms in total. The van der Waals surface area contributed by atoms with Crippen LogP contribution >= 0.6 is 11.6 Å². The summed E-state index contributed by atoms with van der Waals surface area (Å²) in [4.78, 5) is 0.160. The van der Waals surface area contributed by atoms with Crippen LogP contribution in [0.5, 0.6) is 0 Å². The van der Waals surface area contributed by atoms with Crippen molar-refractivity contribution in [2.45, 2.75) is 4.90 Å². The summed E-state index contributed by atoms with van der Waals surface area (Å²) in [6.45, 7) is 0. The maximum absolute atomic E-state index is 12.2. The molecule has 0 spiro atoms. The molecule has 0 unspecified atom stereocenters. The van der Waals surface area contributed by atoms with Gasteiger partial charge in [0.15, 0.2) is 0 Å². The normalized spacial score (nSPS) is 11.8. The number of hydrogen-bond acceptors (Lipinski definition) is 5. The Labute approximate surface area is 144 Å². The summed E-state index contributed by atoms with van der Waals surface area (Å²) in [5, 5.41) is 8.55. The molecule has 0 radical (unpaired) electrons. The molecule has 0 saturated heterocycles. The van der Waals surface area contributed by atoms with Crippen molar-refractivity contribution in [2.24, 2.45) is 0 Å². The average molecular weight is 364 g/mol. The van der Waals surface area contributed by atoms with E-state index in [1.165, 1.54) is 26.2 Å². The van der Waals surface area contributed by atoms with Gasteiger partial charge in [0.05, 0.1) is 4.90 Å². The van der Waals surface area contributed by atoms with Crippen molar-refractivity contribution >= 4 is 21.6 Å². The number of nitrogens with zero attached hydrogens (tertiary/aromatic N) is 3. The Kier molecular flexibility index (Phi) is 4.40. The predicted molar refractivity (Wildman–Crippen MR) is 91.1 cm³/mol. The van der Waals surface area contributed by atoms with Crippen molar-refractivity contribution in [2.75, 3.05) is 14.1 Å². The van der Waals surface area contributed by atoms with Gasteiger partial charge in [-0.15, -0.1) is 10.2 Å². The van der Waals surface area contributed by atoms with Gasteiger partial charge in [-0.3, -0.25) is 0 Å². The zero-order valence-electron chi connectivity index (χ0n) is 13.0. The van der Waals surface area contributed by atoms with Crippen LogP contribution in [0.15, 0.2) is 57.8 Å². The third-order valence-corrected chi connectivity index (χ3v) is 5.40. The average Bonchev–Trinajstić information content (AvgIpc) is 3.05. The van der Waals surface area contributed by atoms with Crippen LogP contribution < -0.4 is 0 Å². The smallest absolute Gasteiger partial charge is 0.248 e. The fourth-order valence-corrected chi connectivity index (χ4v) is 3.22. The van der Waals surface area contributed by atoms with Crippen molar-refractivity contribution in [3.63, 3.8) is 0 Å². The first-order valence-electron chi connectivity index (χ1n) is 7.00. The summed E-state index contributed by atoms with van der Waals surface area (Å²) in [6.07, 6.45) is 0. The van der Waals surface area contributed by atoms with Gasteiger partial charge in [0, 0.05) is 30.2 Å². The Morgan fingerprint density at radius 3 is 2.12 bits per heavy atom. The standard InChI is InChI=1S/C16H14ClN3O3S/c1-20(2)24(21,22)14-8-4-6-12(10-14)16-19-18-15(23-16)11-5-3-7-13(17)9-11/h3-10H,1-2H3. The molecule has 3 rings (SSSR count). The Balaban J connectivity index is 2.00. The molecule has 3 aromatic rings. The maximum Gasteiger partial charge on any atom is 0.248 e. The van der Waals surface area contributed by atoms with E-state index in [0.29, 0.717) is 22.0 Å². The molecule has 0 N–H and O–H groups in total. The van der Waals surface area contributed by atoms with Crippen LogP contribution in [0, 0.1) is 0 Å². The molecule has 0 aliphatic heterocycles. The van der Waals surface area contributed by atoms with Crippen molar-refractivity contribution in [1.82, 2.24) is 14.5 Å². The fourth-order valence-electron chi connectivity index (χ4n) is 2.08. The van der Waals surface area contributed by atoms with E-state index in [9.17, 15) is 8.42 Å². The van der Waals surface area contributed by atoms with Crippen molar-refractivity contribution < 1.29 is 12.8 Å². The van der Waals surface area contributed by atoms with Gasteiger partial charge < -0.3 is 4.42 Å². The van der Waals surface area contributed by atoms with Gasteiger partial charge >= 0.3 is 0 Å². The third kappa shape index (κ3) is 3.19. The predicted octanol–water partition coefficient (Wildman–Crippen LogP) is 3.31. The summed E-state index contributed by atoms with van der Waals surface area (Å²) in [5.41, 5.74) is 1.22. The fraction of sp³-hybridized carbons (Fsp3) is 0.125. The highest BCUT2D eigenvalue weighted by atomic mass is 35.5. The monoisotopic (exact) mass is 363 g/mol. The minimum Gasteiger partial charge on any atom is -0.416 e. The lowest BCUT2D eigenvalue weighted by atomic mass is 10.2. The minimum atomic E-state index is -3.53. The Morgan fingerprint density at radius 1 is 0.958 bits per heavy atom. The number of rotatable bonds is 4. The molecule has 0 amide bonds. The second-order valence-corrected chi connectivity index (χ2v) is 7.83. The van der Waals surface area contributed by atoms with Crippen molar-refractivity contribution in [3.8, 4) is 22.9 Å².